The zero-order chi connectivity index (χ0) is 13.8. The first-order valence-electron chi connectivity index (χ1n) is 5.55. The number of carbonyl (C=O) groups is 1. The highest BCUT2D eigenvalue weighted by Gasteiger charge is 2.03. The van der Waals surface area contributed by atoms with Crippen LogP contribution in [0.1, 0.15) is 6.92 Å². The largest absolute Gasteiger partial charge is 0.457 e. The van der Waals surface area contributed by atoms with Gasteiger partial charge in [-0.05, 0) is 24.3 Å². The minimum Gasteiger partial charge on any atom is -0.457 e. The van der Waals surface area contributed by atoms with Crippen LogP contribution in [0.2, 0.25) is 10.0 Å². The summed E-state index contributed by atoms with van der Waals surface area (Å²) in [6, 6.07) is 12.1. The second-order valence-corrected chi connectivity index (χ2v) is 4.70. The zero-order valence-corrected chi connectivity index (χ0v) is 11.6. The van der Waals surface area contributed by atoms with Crippen molar-refractivity contribution in [2.75, 3.05) is 5.32 Å². The van der Waals surface area contributed by atoms with E-state index < -0.39 is 0 Å². The summed E-state index contributed by atoms with van der Waals surface area (Å²) in [6.07, 6.45) is 0. The van der Waals surface area contributed by atoms with Crippen LogP contribution in [-0.2, 0) is 4.79 Å². The molecule has 2 aromatic rings. The molecule has 2 rings (SSSR count). The van der Waals surface area contributed by atoms with Gasteiger partial charge in [0.05, 0.1) is 10.0 Å². The highest BCUT2D eigenvalue weighted by atomic mass is 35.5. The Morgan fingerprint density at radius 2 is 1.79 bits per heavy atom. The van der Waals surface area contributed by atoms with Crippen molar-refractivity contribution in [2.24, 2.45) is 0 Å². The van der Waals surface area contributed by atoms with Crippen molar-refractivity contribution >= 4 is 34.8 Å². The number of rotatable bonds is 3. The monoisotopic (exact) mass is 295 g/mol. The fourth-order valence-electron chi connectivity index (χ4n) is 1.52. The Bertz CT molecular complexity index is 614. The first kappa shape index (κ1) is 13.7. The molecule has 1 N–H and O–H groups in total. The van der Waals surface area contributed by atoms with Gasteiger partial charge in [0.1, 0.15) is 11.5 Å². The number of hydrogen-bond donors (Lipinski definition) is 1. The molecule has 0 fully saturated rings. The Morgan fingerprint density at radius 3 is 2.47 bits per heavy atom. The fourth-order valence-corrected chi connectivity index (χ4v) is 1.81. The maximum atomic E-state index is 11.0. The van der Waals surface area contributed by atoms with E-state index in [9.17, 15) is 4.79 Å². The van der Waals surface area contributed by atoms with Crippen molar-refractivity contribution in [3.63, 3.8) is 0 Å². The van der Waals surface area contributed by atoms with Crippen LogP contribution >= 0.6 is 23.2 Å². The van der Waals surface area contributed by atoms with Crippen LogP contribution in [0.15, 0.2) is 42.5 Å². The van der Waals surface area contributed by atoms with Crippen molar-refractivity contribution in [2.45, 2.75) is 6.92 Å². The number of carbonyl (C=O) groups excluding carboxylic acids is 1. The Kier molecular flexibility index (Phi) is 4.30. The Labute approximate surface area is 121 Å². The van der Waals surface area contributed by atoms with Crippen molar-refractivity contribution in [3.05, 3.63) is 52.5 Å². The molecular weight excluding hydrogens is 285 g/mol. The minimum absolute atomic E-state index is 0.133. The summed E-state index contributed by atoms with van der Waals surface area (Å²) in [5.74, 6) is 1.05. The van der Waals surface area contributed by atoms with Gasteiger partial charge in [-0.3, -0.25) is 4.79 Å². The van der Waals surface area contributed by atoms with Crippen LogP contribution < -0.4 is 10.1 Å². The third kappa shape index (κ3) is 3.88. The van der Waals surface area contributed by atoms with Gasteiger partial charge in [-0.15, -0.1) is 0 Å². The topological polar surface area (TPSA) is 38.3 Å². The number of ether oxygens (including phenoxy) is 1. The molecule has 1 amide bonds. The van der Waals surface area contributed by atoms with E-state index in [0.717, 1.165) is 0 Å². The molecule has 0 aliphatic carbocycles. The standard InChI is InChI=1S/C14H11Cl2NO2/c1-9(18)17-10-3-2-4-11(7-10)19-12-5-6-13(15)14(16)8-12/h2-8H,1H3,(H,17,18). The molecule has 0 saturated heterocycles. The third-order valence-electron chi connectivity index (χ3n) is 2.28. The van der Waals surface area contributed by atoms with Gasteiger partial charge in [-0.25, -0.2) is 0 Å². The van der Waals surface area contributed by atoms with Crippen LogP contribution in [0, 0.1) is 0 Å². The smallest absolute Gasteiger partial charge is 0.221 e. The van der Waals surface area contributed by atoms with Gasteiger partial charge in [0.2, 0.25) is 5.91 Å². The Morgan fingerprint density at radius 1 is 1.05 bits per heavy atom. The van der Waals surface area contributed by atoms with E-state index in [1.807, 2.05) is 0 Å². The van der Waals surface area contributed by atoms with E-state index in [0.29, 0.717) is 27.2 Å². The summed E-state index contributed by atoms with van der Waals surface area (Å²) in [5, 5.41) is 3.59. The molecule has 0 aromatic heterocycles. The minimum atomic E-state index is -0.133. The van der Waals surface area contributed by atoms with Crippen molar-refractivity contribution < 1.29 is 9.53 Å². The zero-order valence-electron chi connectivity index (χ0n) is 10.1. The lowest BCUT2D eigenvalue weighted by Gasteiger charge is -2.08. The number of amides is 1. The molecule has 0 aliphatic heterocycles. The highest BCUT2D eigenvalue weighted by molar-refractivity contribution is 6.42. The molecule has 19 heavy (non-hydrogen) atoms. The van der Waals surface area contributed by atoms with Crippen molar-refractivity contribution in [1.82, 2.24) is 0 Å². The maximum Gasteiger partial charge on any atom is 0.221 e. The molecule has 0 aliphatic rings. The summed E-state index contributed by atoms with van der Waals surface area (Å²) in [5.41, 5.74) is 0.671. The number of hydrogen-bond acceptors (Lipinski definition) is 2. The van der Waals surface area contributed by atoms with E-state index in [-0.39, 0.29) is 5.91 Å². The molecule has 0 atom stereocenters. The first-order chi connectivity index (χ1) is 9.04. The molecule has 5 heteroatoms. The molecule has 0 spiro atoms. The van der Waals surface area contributed by atoms with Gasteiger partial charge < -0.3 is 10.1 Å². The molecule has 0 heterocycles. The normalized spacial score (nSPS) is 10.1. The van der Waals surface area contributed by atoms with Gasteiger partial charge >= 0.3 is 0 Å². The summed E-state index contributed by atoms with van der Waals surface area (Å²) >= 11 is 11.7. The van der Waals surface area contributed by atoms with Crippen LogP contribution in [0.4, 0.5) is 5.69 Å². The molecule has 0 bridgehead atoms. The van der Waals surface area contributed by atoms with Crippen LogP contribution in [-0.4, -0.2) is 5.91 Å². The molecule has 98 valence electrons. The lowest BCUT2D eigenvalue weighted by molar-refractivity contribution is -0.114. The third-order valence-corrected chi connectivity index (χ3v) is 3.02. The Hall–Kier alpha value is -1.71. The first-order valence-corrected chi connectivity index (χ1v) is 6.31. The second kappa shape index (κ2) is 5.95. The van der Waals surface area contributed by atoms with E-state index in [4.69, 9.17) is 27.9 Å². The van der Waals surface area contributed by atoms with Crippen molar-refractivity contribution in [3.8, 4) is 11.5 Å². The van der Waals surface area contributed by atoms with E-state index in [1.165, 1.54) is 6.92 Å². The predicted octanol–water partition coefficient (Wildman–Crippen LogP) is 4.74. The van der Waals surface area contributed by atoms with Gasteiger partial charge in [-0.2, -0.15) is 0 Å². The highest BCUT2D eigenvalue weighted by Crippen LogP contribution is 2.30. The van der Waals surface area contributed by atoms with Gasteiger partial charge in [0.15, 0.2) is 0 Å². The van der Waals surface area contributed by atoms with Crippen molar-refractivity contribution in [1.29, 1.82) is 0 Å². The van der Waals surface area contributed by atoms with E-state index >= 15 is 0 Å². The Balaban J connectivity index is 2.18. The lowest BCUT2D eigenvalue weighted by atomic mass is 10.3. The predicted molar refractivity (Wildman–Crippen MR) is 77.3 cm³/mol. The summed E-state index contributed by atoms with van der Waals surface area (Å²) < 4.78 is 5.64. The summed E-state index contributed by atoms with van der Waals surface area (Å²) in [4.78, 5) is 11.0. The van der Waals surface area contributed by atoms with Crippen LogP contribution in [0.3, 0.4) is 0 Å². The SMILES string of the molecule is CC(=O)Nc1cccc(Oc2ccc(Cl)c(Cl)c2)c1. The summed E-state index contributed by atoms with van der Waals surface area (Å²) in [6.45, 7) is 1.45. The van der Waals surface area contributed by atoms with Crippen LogP contribution in [0.25, 0.3) is 0 Å². The molecular formula is C14H11Cl2NO2. The summed E-state index contributed by atoms with van der Waals surface area (Å²) in [7, 11) is 0. The molecule has 3 nitrogen and oxygen atoms in total. The number of anilines is 1. The van der Waals surface area contributed by atoms with Gasteiger partial charge in [0.25, 0.3) is 0 Å². The van der Waals surface area contributed by atoms with Gasteiger partial charge in [0, 0.05) is 24.7 Å². The lowest BCUT2D eigenvalue weighted by Crippen LogP contribution is -2.05. The number of benzene rings is 2. The fraction of sp³-hybridized carbons (Fsp3) is 0.0714. The van der Waals surface area contributed by atoms with E-state index in [1.54, 1.807) is 42.5 Å². The average molecular weight is 296 g/mol. The molecule has 0 saturated carbocycles. The molecule has 0 unspecified atom stereocenters. The number of halogens is 2. The second-order valence-electron chi connectivity index (χ2n) is 3.89. The molecule has 2 aromatic carbocycles. The quantitative estimate of drug-likeness (QED) is 0.888. The van der Waals surface area contributed by atoms with Gasteiger partial charge in [-0.1, -0.05) is 29.3 Å². The average Bonchev–Trinajstić information content (AvgIpc) is 2.33. The maximum absolute atomic E-state index is 11.0. The number of nitrogens with one attached hydrogen (secondary N) is 1. The van der Waals surface area contributed by atoms with Crippen LogP contribution in [0.5, 0.6) is 11.5 Å². The van der Waals surface area contributed by atoms with E-state index in [2.05, 4.69) is 5.32 Å². The molecule has 0 radical (unpaired) electrons.